The van der Waals surface area contributed by atoms with Crippen LogP contribution in [0.15, 0.2) is 5.03 Å². The maximum atomic E-state index is 12.8. The SMILES string of the molecule is Cn1nc2c(c1S(=O)(=O)F)CCC2. The van der Waals surface area contributed by atoms with Crippen LogP contribution in [0.3, 0.4) is 0 Å². The average Bonchev–Trinajstić information content (AvgIpc) is 2.41. The molecule has 1 heterocycles. The van der Waals surface area contributed by atoms with Gasteiger partial charge in [0, 0.05) is 12.6 Å². The fourth-order valence-electron chi connectivity index (χ4n) is 1.80. The summed E-state index contributed by atoms with van der Waals surface area (Å²) in [5.74, 6) is 0. The molecule has 1 aromatic rings. The minimum Gasteiger partial charge on any atom is -0.254 e. The van der Waals surface area contributed by atoms with E-state index in [-0.39, 0.29) is 5.03 Å². The number of hydrogen-bond donors (Lipinski definition) is 0. The Balaban J connectivity index is 2.70. The van der Waals surface area contributed by atoms with Gasteiger partial charge in [-0.05, 0) is 19.3 Å². The van der Waals surface area contributed by atoms with E-state index in [2.05, 4.69) is 5.10 Å². The summed E-state index contributed by atoms with van der Waals surface area (Å²) in [4.78, 5) is 0. The Morgan fingerprint density at radius 3 is 2.77 bits per heavy atom. The highest BCUT2D eigenvalue weighted by Crippen LogP contribution is 2.28. The number of aromatic nitrogens is 2. The number of halogens is 1. The lowest BCUT2D eigenvalue weighted by Gasteiger charge is -1.97. The molecule has 2 rings (SSSR count). The van der Waals surface area contributed by atoms with Gasteiger partial charge in [-0.1, -0.05) is 3.89 Å². The minimum absolute atomic E-state index is 0.264. The second-order valence-corrected chi connectivity index (χ2v) is 4.41. The third-order valence-electron chi connectivity index (χ3n) is 2.24. The number of rotatable bonds is 1. The molecule has 0 amide bonds. The summed E-state index contributed by atoms with van der Waals surface area (Å²) in [6.45, 7) is 0. The number of nitrogens with zero attached hydrogens (tertiary/aromatic N) is 2. The van der Waals surface area contributed by atoms with Gasteiger partial charge in [0.25, 0.3) is 0 Å². The molecule has 0 aromatic carbocycles. The predicted molar refractivity (Wildman–Crippen MR) is 43.5 cm³/mol. The topological polar surface area (TPSA) is 52.0 Å². The first-order chi connectivity index (χ1) is 6.00. The van der Waals surface area contributed by atoms with Gasteiger partial charge in [-0.25, -0.2) is 0 Å². The number of hydrogen-bond acceptors (Lipinski definition) is 3. The Labute approximate surface area is 75.6 Å². The summed E-state index contributed by atoms with van der Waals surface area (Å²) >= 11 is 0. The molecule has 1 aliphatic carbocycles. The molecule has 0 fully saturated rings. The van der Waals surface area contributed by atoms with E-state index in [0.29, 0.717) is 12.0 Å². The van der Waals surface area contributed by atoms with E-state index in [9.17, 15) is 12.3 Å². The van der Waals surface area contributed by atoms with Crippen LogP contribution in [0.1, 0.15) is 17.7 Å². The van der Waals surface area contributed by atoms with E-state index < -0.39 is 10.2 Å². The highest BCUT2D eigenvalue weighted by Gasteiger charge is 2.28. The summed E-state index contributed by atoms with van der Waals surface area (Å²) in [5, 5.41) is 3.69. The monoisotopic (exact) mass is 204 g/mol. The van der Waals surface area contributed by atoms with E-state index in [4.69, 9.17) is 0 Å². The fourth-order valence-corrected chi connectivity index (χ4v) is 2.67. The molecule has 1 aromatic heterocycles. The van der Waals surface area contributed by atoms with Crippen molar-refractivity contribution in [1.29, 1.82) is 0 Å². The zero-order valence-corrected chi connectivity index (χ0v) is 7.93. The zero-order valence-electron chi connectivity index (χ0n) is 7.12. The van der Waals surface area contributed by atoms with Crippen LogP contribution in [-0.2, 0) is 30.1 Å². The summed E-state index contributed by atoms with van der Waals surface area (Å²) in [6.07, 6.45) is 2.22. The van der Waals surface area contributed by atoms with E-state index in [1.807, 2.05) is 0 Å². The molecule has 72 valence electrons. The fraction of sp³-hybridized carbons (Fsp3) is 0.571. The van der Waals surface area contributed by atoms with Crippen molar-refractivity contribution in [3.05, 3.63) is 11.3 Å². The third-order valence-corrected chi connectivity index (χ3v) is 3.21. The predicted octanol–water partition coefficient (Wildman–Crippen LogP) is 0.567. The molecular weight excluding hydrogens is 195 g/mol. The summed E-state index contributed by atoms with van der Waals surface area (Å²) in [7, 11) is -3.17. The molecule has 0 aliphatic heterocycles. The van der Waals surface area contributed by atoms with Gasteiger partial charge < -0.3 is 0 Å². The quantitative estimate of drug-likeness (QED) is 0.628. The lowest BCUT2D eigenvalue weighted by Crippen LogP contribution is -2.04. The van der Waals surface area contributed by atoms with Crippen molar-refractivity contribution >= 4 is 10.2 Å². The summed E-state index contributed by atoms with van der Waals surface area (Å²) < 4.78 is 35.4. The zero-order chi connectivity index (χ0) is 9.64. The highest BCUT2D eigenvalue weighted by atomic mass is 32.3. The van der Waals surface area contributed by atoms with Gasteiger partial charge in [-0.3, -0.25) is 4.68 Å². The van der Waals surface area contributed by atoms with Crippen molar-refractivity contribution in [2.24, 2.45) is 7.05 Å². The van der Waals surface area contributed by atoms with Gasteiger partial charge in [0.2, 0.25) is 0 Å². The first kappa shape index (κ1) is 8.68. The average molecular weight is 204 g/mol. The van der Waals surface area contributed by atoms with Crippen LogP contribution in [-0.4, -0.2) is 18.2 Å². The second-order valence-electron chi connectivity index (χ2n) is 3.15. The molecule has 4 nitrogen and oxygen atoms in total. The van der Waals surface area contributed by atoms with Crippen molar-refractivity contribution in [1.82, 2.24) is 9.78 Å². The smallest absolute Gasteiger partial charge is 0.254 e. The highest BCUT2D eigenvalue weighted by molar-refractivity contribution is 7.86. The molecule has 0 unspecified atom stereocenters. The molecule has 1 aliphatic rings. The van der Waals surface area contributed by atoms with Gasteiger partial charge in [-0.2, -0.15) is 13.5 Å². The molecule has 0 saturated carbocycles. The molecule has 6 heteroatoms. The first-order valence-corrected chi connectivity index (χ1v) is 5.38. The van der Waals surface area contributed by atoms with Crippen molar-refractivity contribution in [3.8, 4) is 0 Å². The van der Waals surface area contributed by atoms with E-state index >= 15 is 0 Å². The van der Waals surface area contributed by atoms with Gasteiger partial charge in [0.05, 0.1) is 5.69 Å². The van der Waals surface area contributed by atoms with Crippen LogP contribution in [0.2, 0.25) is 0 Å². The lowest BCUT2D eigenvalue weighted by molar-refractivity contribution is 0.530. The molecule has 0 radical (unpaired) electrons. The van der Waals surface area contributed by atoms with Crippen molar-refractivity contribution in [2.75, 3.05) is 0 Å². The Kier molecular flexibility index (Phi) is 1.69. The normalized spacial score (nSPS) is 16.2. The molecule has 0 atom stereocenters. The molecular formula is C7H9FN2O2S. The van der Waals surface area contributed by atoms with Crippen LogP contribution >= 0.6 is 0 Å². The third kappa shape index (κ3) is 1.25. The summed E-state index contributed by atoms with van der Waals surface area (Å²) in [5.41, 5.74) is 1.28. The van der Waals surface area contributed by atoms with Gasteiger partial charge >= 0.3 is 10.2 Å². The van der Waals surface area contributed by atoms with Crippen molar-refractivity contribution < 1.29 is 12.3 Å². The van der Waals surface area contributed by atoms with Crippen molar-refractivity contribution in [3.63, 3.8) is 0 Å². The Bertz CT molecular complexity index is 449. The maximum Gasteiger partial charge on any atom is 0.349 e. The minimum atomic E-state index is -4.61. The Morgan fingerprint density at radius 2 is 2.15 bits per heavy atom. The Morgan fingerprint density at radius 1 is 1.46 bits per heavy atom. The summed E-state index contributed by atoms with van der Waals surface area (Å²) in [6, 6.07) is 0. The van der Waals surface area contributed by atoms with Crippen LogP contribution in [0.5, 0.6) is 0 Å². The van der Waals surface area contributed by atoms with Crippen LogP contribution in [0, 0.1) is 0 Å². The van der Waals surface area contributed by atoms with E-state index in [0.717, 1.165) is 23.2 Å². The second kappa shape index (κ2) is 2.54. The van der Waals surface area contributed by atoms with Gasteiger partial charge in [0.1, 0.15) is 0 Å². The largest absolute Gasteiger partial charge is 0.349 e. The van der Waals surface area contributed by atoms with Crippen LogP contribution in [0.25, 0.3) is 0 Å². The van der Waals surface area contributed by atoms with Gasteiger partial charge in [-0.15, -0.1) is 0 Å². The lowest BCUT2D eigenvalue weighted by atomic mass is 10.3. The maximum absolute atomic E-state index is 12.8. The van der Waals surface area contributed by atoms with Crippen LogP contribution in [0.4, 0.5) is 3.89 Å². The number of fused-ring (bicyclic) bond motifs is 1. The van der Waals surface area contributed by atoms with Gasteiger partial charge in [0.15, 0.2) is 5.03 Å². The molecule has 0 bridgehead atoms. The molecule has 0 N–H and O–H groups in total. The Hall–Kier alpha value is -0.910. The first-order valence-electron chi connectivity index (χ1n) is 3.99. The standard InChI is InChI=1S/C7H9FN2O2S/c1-10-7(13(8,11)12)5-3-2-4-6(5)9-10/h2-4H2,1H3. The van der Waals surface area contributed by atoms with E-state index in [1.165, 1.54) is 7.05 Å². The molecule has 0 saturated heterocycles. The van der Waals surface area contributed by atoms with E-state index in [1.54, 1.807) is 0 Å². The van der Waals surface area contributed by atoms with Crippen LogP contribution < -0.4 is 0 Å². The molecule has 13 heavy (non-hydrogen) atoms. The number of aryl methyl sites for hydroxylation is 2. The van der Waals surface area contributed by atoms with Crippen molar-refractivity contribution in [2.45, 2.75) is 24.3 Å². The molecule has 0 spiro atoms.